The number of ketones is 1. The van der Waals surface area contributed by atoms with Gasteiger partial charge in [-0.2, -0.15) is 0 Å². The van der Waals surface area contributed by atoms with E-state index in [1.54, 1.807) is 83.1 Å². The van der Waals surface area contributed by atoms with Gasteiger partial charge in [-0.1, -0.05) is 71.0 Å². The van der Waals surface area contributed by atoms with Crippen molar-refractivity contribution >= 4 is 29.6 Å². The number of esters is 3. The van der Waals surface area contributed by atoms with Crippen molar-refractivity contribution in [3.8, 4) is 0 Å². The van der Waals surface area contributed by atoms with E-state index in [9.17, 15) is 44.4 Å². The molecule has 0 unspecified atom stereocenters. The molecule has 3 aliphatic carbocycles. The Labute approximate surface area is 331 Å². The number of rotatable bonds is 8. The van der Waals surface area contributed by atoms with E-state index in [4.69, 9.17) is 18.9 Å². The van der Waals surface area contributed by atoms with Crippen LogP contribution in [0.25, 0.3) is 0 Å². The minimum absolute atomic E-state index is 0.0422. The van der Waals surface area contributed by atoms with Gasteiger partial charge in [0.05, 0.1) is 35.6 Å². The van der Waals surface area contributed by atoms with Gasteiger partial charge in [0.15, 0.2) is 17.5 Å². The van der Waals surface area contributed by atoms with E-state index in [0.717, 1.165) is 6.92 Å². The molecule has 4 aliphatic rings. The summed E-state index contributed by atoms with van der Waals surface area (Å²) in [6.07, 6.45) is -10.3. The number of aliphatic hydroxyl groups is 4. The van der Waals surface area contributed by atoms with E-state index in [1.807, 2.05) is 0 Å². The Balaban J connectivity index is 1.48. The highest BCUT2D eigenvalue weighted by molar-refractivity contribution is 5.95. The van der Waals surface area contributed by atoms with Crippen LogP contribution in [-0.4, -0.2) is 110 Å². The van der Waals surface area contributed by atoms with E-state index >= 15 is 0 Å². The maximum absolute atomic E-state index is 14.9. The molecule has 5 N–H and O–H groups in total. The number of fused-ring (bicyclic) bond motifs is 5. The van der Waals surface area contributed by atoms with Crippen LogP contribution in [0.2, 0.25) is 0 Å². The smallest absolute Gasteiger partial charge is 0.338 e. The van der Waals surface area contributed by atoms with Crippen LogP contribution >= 0.6 is 0 Å². The SMILES string of the molecule is CC(=O)O[C@@]12CO[C@@H]1C[C@H](O)[C@@]1(C)C(=O)[C@H](O)C3=C(C)[C@@H](OC(=O)[C@H](O)[C@@H](NC(=O)c4ccccc4)C(C)(C)C)C[C@@](O)([C@@H](OC(=O)c4ccccc4)[C@H]21)C3(C)C. The summed E-state index contributed by atoms with van der Waals surface area (Å²) >= 11 is 0. The number of Topliss-reactive ketones (excluding diaryl/α,β-unsaturated/α-hetero) is 1. The van der Waals surface area contributed by atoms with Crippen LogP contribution in [0.4, 0.5) is 0 Å². The van der Waals surface area contributed by atoms with Crippen LogP contribution in [-0.2, 0) is 33.3 Å². The Morgan fingerprint density at radius 1 is 0.930 bits per heavy atom. The Morgan fingerprint density at radius 3 is 2.04 bits per heavy atom. The Morgan fingerprint density at radius 2 is 1.51 bits per heavy atom. The number of amides is 1. The fraction of sp³-hybridized carbons (Fsp3) is 0.558. The molecule has 3 fully saturated rings. The first-order valence-electron chi connectivity index (χ1n) is 19.2. The zero-order valence-corrected chi connectivity index (χ0v) is 33.5. The zero-order valence-electron chi connectivity index (χ0n) is 33.5. The number of benzene rings is 2. The molecule has 1 aliphatic heterocycles. The first-order valence-corrected chi connectivity index (χ1v) is 19.2. The van der Waals surface area contributed by atoms with Gasteiger partial charge in [-0.3, -0.25) is 14.4 Å². The molecule has 2 aromatic rings. The van der Waals surface area contributed by atoms with E-state index < -0.39 is 112 Å². The molecule has 2 saturated carbocycles. The van der Waals surface area contributed by atoms with E-state index in [1.165, 1.54) is 26.0 Å². The molecule has 1 heterocycles. The van der Waals surface area contributed by atoms with Gasteiger partial charge < -0.3 is 44.7 Å². The summed E-state index contributed by atoms with van der Waals surface area (Å²) in [6.45, 7) is 12.1. The van der Waals surface area contributed by atoms with Gasteiger partial charge in [-0.15, -0.1) is 0 Å². The van der Waals surface area contributed by atoms with Crippen LogP contribution in [0.1, 0.15) is 88.9 Å². The number of hydrogen-bond acceptors (Lipinski definition) is 13. The van der Waals surface area contributed by atoms with Gasteiger partial charge in [-0.05, 0) is 54.7 Å². The van der Waals surface area contributed by atoms with Gasteiger partial charge in [-0.25, -0.2) is 9.59 Å². The average Bonchev–Trinajstić information content (AvgIpc) is 3.15. The van der Waals surface area contributed by atoms with E-state index in [2.05, 4.69) is 5.32 Å². The van der Waals surface area contributed by atoms with Gasteiger partial charge in [0.1, 0.15) is 30.0 Å². The largest absolute Gasteiger partial charge is 0.456 e. The predicted molar refractivity (Wildman–Crippen MR) is 202 cm³/mol. The topological polar surface area (TPSA) is 215 Å². The molecule has 11 atom stereocenters. The highest BCUT2D eigenvalue weighted by Gasteiger charge is 2.78. The number of aliphatic hydroxyl groups excluding tert-OH is 3. The number of carbonyl (C=O) groups is 5. The molecular weight excluding hydrogens is 738 g/mol. The highest BCUT2D eigenvalue weighted by Crippen LogP contribution is 2.64. The van der Waals surface area contributed by atoms with Crippen molar-refractivity contribution in [1.29, 1.82) is 0 Å². The fourth-order valence-corrected chi connectivity index (χ4v) is 9.70. The lowest BCUT2D eigenvalue weighted by Gasteiger charge is -2.67. The van der Waals surface area contributed by atoms with Crippen LogP contribution in [0.5, 0.6) is 0 Å². The number of carbonyl (C=O) groups excluding carboxylic acids is 5. The van der Waals surface area contributed by atoms with Gasteiger partial charge in [0.25, 0.3) is 5.91 Å². The zero-order chi connectivity index (χ0) is 42.0. The van der Waals surface area contributed by atoms with Crippen molar-refractivity contribution in [2.45, 2.75) is 122 Å². The van der Waals surface area contributed by atoms with Crippen molar-refractivity contribution in [3.05, 3.63) is 82.9 Å². The number of nitrogens with one attached hydrogen (secondary N) is 1. The summed E-state index contributed by atoms with van der Waals surface area (Å²) in [5, 5.41) is 51.7. The minimum Gasteiger partial charge on any atom is -0.456 e. The molecule has 1 saturated heterocycles. The molecule has 308 valence electrons. The standard InChI is InChI=1S/C43H53NO13/c1-22-26(55-38(52)31(48)33(39(3,4)5)44-36(50)24-15-11-9-12-16-24)20-43(53)35(56-37(51)25-17-13-10-14-18-25)32-41(8,34(49)30(47)29(22)40(43,6)7)27(46)19-28-42(32,21-54-28)57-23(2)45/h9-18,26-28,30-33,35,46-48,53H,19-21H2,1-8H3,(H,44,50)/t26-,27-,28+,30+,31+,32-,33+,35-,41+,42-,43+/m0/s1. The summed E-state index contributed by atoms with van der Waals surface area (Å²) < 4.78 is 24.1. The summed E-state index contributed by atoms with van der Waals surface area (Å²) in [5.41, 5.74) is -8.00. The van der Waals surface area contributed by atoms with Gasteiger partial charge in [0, 0.05) is 30.7 Å². The lowest BCUT2D eigenvalue weighted by molar-refractivity contribution is -0.346. The van der Waals surface area contributed by atoms with Crippen molar-refractivity contribution in [1.82, 2.24) is 5.32 Å². The molecule has 6 rings (SSSR count). The second-order valence-corrected chi connectivity index (χ2v) is 17.7. The van der Waals surface area contributed by atoms with Crippen LogP contribution in [0.15, 0.2) is 71.8 Å². The third-order valence-electron chi connectivity index (χ3n) is 13.0. The molecule has 2 bridgehead atoms. The molecule has 1 amide bonds. The first-order chi connectivity index (χ1) is 26.5. The van der Waals surface area contributed by atoms with Crippen LogP contribution < -0.4 is 5.32 Å². The van der Waals surface area contributed by atoms with Crippen LogP contribution in [0, 0.1) is 22.2 Å². The lowest BCUT2D eigenvalue weighted by atomic mass is 9.44. The van der Waals surface area contributed by atoms with Crippen molar-refractivity contribution in [2.24, 2.45) is 22.2 Å². The van der Waals surface area contributed by atoms with Crippen molar-refractivity contribution in [2.75, 3.05) is 6.61 Å². The Bertz CT molecular complexity index is 1960. The Kier molecular flexibility index (Phi) is 10.9. The van der Waals surface area contributed by atoms with Gasteiger partial charge in [0.2, 0.25) is 0 Å². The monoisotopic (exact) mass is 791 g/mol. The number of ether oxygens (including phenoxy) is 4. The third kappa shape index (κ3) is 6.78. The first kappa shape index (κ1) is 42.1. The molecule has 14 heteroatoms. The van der Waals surface area contributed by atoms with Crippen molar-refractivity contribution < 1.29 is 63.3 Å². The summed E-state index contributed by atoms with van der Waals surface area (Å²) in [6, 6.07) is 15.0. The molecule has 0 aromatic heterocycles. The normalized spacial score (nSPS) is 34.1. The Hall–Kier alpha value is -4.47. The average molecular weight is 792 g/mol. The molecule has 2 aromatic carbocycles. The summed E-state index contributed by atoms with van der Waals surface area (Å²) in [5.74, 6) is -5.79. The second-order valence-electron chi connectivity index (χ2n) is 17.7. The molecule has 57 heavy (non-hydrogen) atoms. The fourth-order valence-electron chi connectivity index (χ4n) is 9.70. The van der Waals surface area contributed by atoms with E-state index in [0.29, 0.717) is 5.56 Å². The molecule has 14 nitrogen and oxygen atoms in total. The van der Waals surface area contributed by atoms with E-state index in [-0.39, 0.29) is 29.7 Å². The quantitative estimate of drug-likeness (QED) is 0.148. The lowest BCUT2D eigenvalue weighted by Crippen LogP contribution is -2.81. The van der Waals surface area contributed by atoms with Gasteiger partial charge >= 0.3 is 17.9 Å². The highest BCUT2D eigenvalue weighted by atomic mass is 16.6. The molecule has 0 radical (unpaired) electrons. The van der Waals surface area contributed by atoms with Crippen molar-refractivity contribution in [3.63, 3.8) is 0 Å². The number of hydrogen-bond donors (Lipinski definition) is 5. The molecular formula is C43H53NO13. The maximum Gasteiger partial charge on any atom is 0.338 e. The third-order valence-corrected chi connectivity index (χ3v) is 13.0. The molecule has 0 spiro atoms. The predicted octanol–water partition coefficient (Wildman–Crippen LogP) is 2.84. The maximum atomic E-state index is 14.9. The van der Waals surface area contributed by atoms with Crippen LogP contribution in [0.3, 0.4) is 0 Å². The summed E-state index contributed by atoms with van der Waals surface area (Å²) in [7, 11) is 0. The second kappa shape index (κ2) is 14.7. The minimum atomic E-state index is -2.33. The summed E-state index contributed by atoms with van der Waals surface area (Å²) in [4.78, 5) is 69.1.